The van der Waals surface area contributed by atoms with Gasteiger partial charge in [0.1, 0.15) is 11.6 Å². The molecule has 0 spiro atoms. The van der Waals surface area contributed by atoms with Crippen molar-refractivity contribution in [2.45, 2.75) is 12.5 Å². The number of halogens is 1. The van der Waals surface area contributed by atoms with Crippen LogP contribution in [0.3, 0.4) is 0 Å². The van der Waals surface area contributed by atoms with Gasteiger partial charge in [-0.2, -0.15) is 0 Å². The predicted molar refractivity (Wildman–Crippen MR) is 107 cm³/mol. The van der Waals surface area contributed by atoms with E-state index in [4.69, 9.17) is 9.15 Å². The van der Waals surface area contributed by atoms with Crippen molar-refractivity contribution in [3.8, 4) is 5.75 Å². The summed E-state index contributed by atoms with van der Waals surface area (Å²) in [6.07, 6.45) is 2.19. The molecule has 0 bridgehead atoms. The molecule has 5 nitrogen and oxygen atoms in total. The predicted octanol–water partition coefficient (Wildman–Crippen LogP) is 4.70. The molecule has 1 atom stereocenters. The number of methoxy groups -OCH3 is 1. The van der Waals surface area contributed by atoms with Gasteiger partial charge in [0.2, 0.25) is 0 Å². The molecular formula is C23H19FN2O3. The lowest BCUT2D eigenvalue weighted by Crippen LogP contribution is -2.40. The largest absolute Gasteiger partial charge is 0.497 e. The van der Waals surface area contributed by atoms with Crippen LogP contribution in [0.1, 0.15) is 33.4 Å². The molecule has 1 aliphatic heterocycles. The number of ether oxygens (including phenoxy) is 1. The summed E-state index contributed by atoms with van der Waals surface area (Å²) in [6, 6.07) is 15.2. The van der Waals surface area contributed by atoms with Crippen molar-refractivity contribution in [2.75, 3.05) is 13.7 Å². The van der Waals surface area contributed by atoms with Gasteiger partial charge in [0.15, 0.2) is 5.76 Å². The number of fused-ring (bicyclic) bond motifs is 3. The third-order valence-electron chi connectivity index (χ3n) is 5.51. The summed E-state index contributed by atoms with van der Waals surface area (Å²) in [4.78, 5) is 18.4. The minimum absolute atomic E-state index is 0.189. The molecule has 6 heteroatoms. The van der Waals surface area contributed by atoms with Crippen molar-refractivity contribution in [1.29, 1.82) is 0 Å². The number of nitrogens with one attached hydrogen (secondary N) is 1. The Balaban J connectivity index is 1.68. The van der Waals surface area contributed by atoms with Crippen LogP contribution >= 0.6 is 0 Å². The maximum Gasteiger partial charge on any atom is 0.290 e. The number of nitrogens with zero attached hydrogens (tertiary/aromatic N) is 1. The van der Waals surface area contributed by atoms with E-state index in [1.165, 1.54) is 18.4 Å². The highest BCUT2D eigenvalue weighted by atomic mass is 19.1. The molecule has 5 rings (SSSR count). The standard InChI is InChI=1S/C23H19FN2O3/c1-28-16-8-9-19-18(13-16)17-10-11-26(23(27)20-3-2-12-29-20)22(21(17)25-19)14-4-6-15(24)7-5-14/h2-9,12-13,22,25H,10-11H2,1H3. The zero-order chi connectivity index (χ0) is 20.0. The van der Waals surface area contributed by atoms with Gasteiger partial charge in [-0.1, -0.05) is 12.1 Å². The van der Waals surface area contributed by atoms with Crippen LogP contribution < -0.4 is 4.74 Å². The Morgan fingerprint density at radius 3 is 2.76 bits per heavy atom. The fourth-order valence-corrected chi connectivity index (χ4v) is 4.15. The van der Waals surface area contributed by atoms with Gasteiger partial charge in [-0.3, -0.25) is 4.79 Å². The minimum Gasteiger partial charge on any atom is -0.497 e. The Morgan fingerprint density at radius 1 is 1.21 bits per heavy atom. The summed E-state index contributed by atoms with van der Waals surface area (Å²) >= 11 is 0. The highest BCUT2D eigenvalue weighted by Crippen LogP contribution is 2.40. The van der Waals surface area contributed by atoms with Gasteiger partial charge in [-0.25, -0.2) is 4.39 Å². The number of carbonyl (C=O) groups is 1. The lowest BCUT2D eigenvalue weighted by Gasteiger charge is -2.35. The van der Waals surface area contributed by atoms with Crippen LogP contribution in [0.2, 0.25) is 0 Å². The molecule has 1 N–H and O–H groups in total. The Morgan fingerprint density at radius 2 is 2.03 bits per heavy atom. The molecule has 4 aromatic rings. The maximum atomic E-state index is 13.6. The molecule has 2 aromatic heterocycles. The first-order chi connectivity index (χ1) is 14.2. The molecule has 0 saturated heterocycles. The second-order valence-corrected chi connectivity index (χ2v) is 7.11. The van der Waals surface area contributed by atoms with Gasteiger partial charge in [-0.15, -0.1) is 0 Å². The number of H-pyrrole nitrogens is 1. The summed E-state index contributed by atoms with van der Waals surface area (Å²) < 4.78 is 24.3. The first kappa shape index (κ1) is 17.6. The molecule has 1 unspecified atom stereocenters. The first-order valence-corrected chi connectivity index (χ1v) is 9.44. The minimum atomic E-state index is -0.365. The summed E-state index contributed by atoms with van der Waals surface area (Å²) in [5, 5.41) is 1.08. The summed E-state index contributed by atoms with van der Waals surface area (Å²) in [7, 11) is 1.64. The van der Waals surface area contributed by atoms with Gasteiger partial charge in [0.05, 0.1) is 19.4 Å². The number of rotatable bonds is 3. The van der Waals surface area contributed by atoms with Crippen molar-refractivity contribution < 1.29 is 18.3 Å². The van der Waals surface area contributed by atoms with Crippen LogP contribution in [0.4, 0.5) is 4.39 Å². The molecule has 1 amide bonds. The van der Waals surface area contributed by atoms with E-state index in [9.17, 15) is 9.18 Å². The topological polar surface area (TPSA) is 58.5 Å². The molecular weight excluding hydrogens is 371 g/mol. The molecule has 0 aliphatic carbocycles. The molecule has 29 heavy (non-hydrogen) atoms. The molecule has 0 radical (unpaired) electrons. The van der Waals surface area contributed by atoms with Gasteiger partial charge in [0, 0.05) is 23.1 Å². The highest BCUT2D eigenvalue weighted by Gasteiger charge is 2.35. The van der Waals surface area contributed by atoms with Gasteiger partial charge in [-0.05, 0) is 60.0 Å². The SMILES string of the molecule is COc1ccc2[nH]c3c(c2c1)CCN(C(=O)c1ccco1)C3c1ccc(F)cc1. The number of aromatic nitrogens is 1. The third kappa shape index (κ3) is 2.88. The van der Waals surface area contributed by atoms with Gasteiger partial charge >= 0.3 is 0 Å². The van der Waals surface area contributed by atoms with Crippen LogP contribution in [0, 0.1) is 5.82 Å². The quantitative estimate of drug-likeness (QED) is 0.552. The van der Waals surface area contributed by atoms with Gasteiger partial charge in [0.25, 0.3) is 5.91 Å². The molecule has 0 saturated carbocycles. The van der Waals surface area contributed by atoms with Crippen LogP contribution in [-0.4, -0.2) is 29.4 Å². The number of carbonyl (C=O) groups excluding carboxylic acids is 1. The highest BCUT2D eigenvalue weighted by molar-refractivity contribution is 5.93. The number of hydrogen-bond acceptors (Lipinski definition) is 3. The van der Waals surface area contributed by atoms with Crippen molar-refractivity contribution in [3.05, 3.63) is 89.3 Å². The Bertz CT molecular complexity index is 1180. The van der Waals surface area contributed by atoms with E-state index in [0.717, 1.165) is 33.5 Å². The zero-order valence-corrected chi connectivity index (χ0v) is 15.8. The lowest BCUT2D eigenvalue weighted by molar-refractivity contribution is 0.0659. The molecule has 1 aliphatic rings. The lowest BCUT2D eigenvalue weighted by atomic mass is 9.92. The second kappa shape index (κ2) is 6.81. The fourth-order valence-electron chi connectivity index (χ4n) is 4.15. The van der Waals surface area contributed by atoms with E-state index in [0.29, 0.717) is 18.7 Å². The number of benzene rings is 2. The number of aromatic amines is 1. The van der Waals surface area contributed by atoms with E-state index >= 15 is 0 Å². The zero-order valence-electron chi connectivity index (χ0n) is 15.8. The van der Waals surface area contributed by atoms with Crippen molar-refractivity contribution in [3.63, 3.8) is 0 Å². The Labute approximate surface area is 166 Å². The van der Waals surface area contributed by atoms with Crippen LogP contribution in [0.25, 0.3) is 10.9 Å². The monoisotopic (exact) mass is 390 g/mol. The van der Waals surface area contributed by atoms with Crippen molar-refractivity contribution in [2.24, 2.45) is 0 Å². The average molecular weight is 390 g/mol. The normalized spacial score (nSPS) is 16.1. The van der Waals surface area contributed by atoms with Crippen LogP contribution in [0.15, 0.2) is 65.3 Å². The van der Waals surface area contributed by atoms with Gasteiger partial charge < -0.3 is 19.0 Å². The van der Waals surface area contributed by atoms with Crippen molar-refractivity contribution in [1.82, 2.24) is 9.88 Å². The summed E-state index contributed by atoms with van der Waals surface area (Å²) in [6.45, 7) is 0.527. The van der Waals surface area contributed by atoms with E-state index in [-0.39, 0.29) is 17.8 Å². The number of hydrogen-bond donors (Lipinski definition) is 1. The number of furan rings is 1. The molecule has 0 fully saturated rings. The first-order valence-electron chi connectivity index (χ1n) is 9.44. The molecule has 2 aromatic carbocycles. The second-order valence-electron chi connectivity index (χ2n) is 7.11. The smallest absolute Gasteiger partial charge is 0.290 e. The summed E-state index contributed by atoms with van der Waals surface area (Å²) in [5.74, 6) is 0.575. The van der Waals surface area contributed by atoms with E-state index in [1.54, 1.807) is 36.3 Å². The molecule has 3 heterocycles. The maximum absolute atomic E-state index is 13.6. The van der Waals surface area contributed by atoms with E-state index < -0.39 is 0 Å². The van der Waals surface area contributed by atoms with E-state index in [2.05, 4.69) is 4.98 Å². The number of amides is 1. The molecule has 146 valence electrons. The summed E-state index contributed by atoms with van der Waals surface area (Å²) in [5.41, 5.74) is 3.91. The Hall–Kier alpha value is -3.54. The van der Waals surface area contributed by atoms with Crippen LogP contribution in [0.5, 0.6) is 5.75 Å². The Kier molecular flexibility index (Phi) is 4.12. The third-order valence-corrected chi connectivity index (χ3v) is 5.51. The van der Waals surface area contributed by atoms with E-state index in [1.807, 2.05) is 18.2 Å². The van der Waals surface area contributed by atoms with Crippen LogP contribution in [-0.2, 0) is 6.42 Å². The average Bonchev–Trinajstić information content (AvgIpc) is 3.41. The fraction of sp³-hybridized carbons (Fsp3) is 0.174. The van der Waals surface area contributed by atoms with Crippen molar-refractivity contribution >= 4 is 16.8 Å².